The lowest BCUT2D eigenvalue weighted by Gasteiger charge is -2.13. The van der Waals surface area contributed by atoms with Crippen LogP contribution in [0.5, 0.6) is 5.75 Å². The quantitative estimate of drug-likeness (QED) is 0.730. The molecule has 122 valence electrons. The predicted octanol–water partition coefficient (Wildman–Crippen LogP) is 2.61. The summed E-state index contributed by atoms with van der Waals surface area (Å²) in [7, 11) is 0. The van der Waals surface area contributed by atoms with E-state index >= 15 is 0 Å². The van der Waals surface area contributed by atoms with Gasteiger partial charge in [-0.05, 0) is 31.2 Å². The third-order valence-corrected chi connectivity index (χ3v) is 3.42. The number of H-pyrrole nitrogens is 1. The second-order valence-corrected chi connectivity index (χ2v) is 5.20. The SMILES string of the molecule is C[C@@H](OC(=O)COc1ccccc1)c1nc2ccccc2c(=O)[nH]1. The number of ether oxygens (including phenoxy) is 2. The van der Waals surface area contributed by atoms with Crippen LogP contribution in [0.25, 0.3) is 10.9 Å². The highest BCUT2D eigenvalue weighted by Crippen LogP contribution is 2.15. The molecule has 3 aromatic rings. The molecule has 1 atom stereocenters. The Balaban J connectivity index is 1.67. The smallest absolute Gasteiger partial charge is 0.344 e. The van der Waals surface area contributed by atoms with E-state index in [4.69, 9.17) is 9.47 Å². The lowest BCUT2D eigenvalue weighted by molar-refractivity contribution is -0.151. The average molecular weight is 324 g/mol. The summed E-state index contributed by atoms with van der Waals surface area (Å²) in [5.74, 6) is 0.341. The highest BCUT2D eigenvalue weighted by atomic mass is 16.6. The van der Waals surface area contributed by atoms with Gasteiger partial charge in [0.2, 0.25) is 0 Å². The standard InChI is InChI=1S/C18H16N2O4/c1-12(24-16(21)11-23-13-7-3-2-4-8-13)17-19-15-10-6-5-9-14(15)18(22)20-17/h2-10,12H,11H2,1H3,(H,19,20,22)/t12-/m1/s1. The van der Waals surface area contributed by atoms with Gasteiger partial charge in [-0.25, -0.2) is 9.78 Å². The Morgan fingerprint density at radius 1 is 1.12 bits per heavy atom. The molecule has 24 heavy (non-hydrogen) atoms. The lowest BCUT2D eigenvalue weighted by Crippen LogP contribution is -2.20. The number of nitrogens with zero attached hydrogens (tertiary/aromatic N) is 1. The molecule has 1 N–H and O–H groups in total. The molecule has 6 heteroatoms. The van der Waals surface area contributed by atoms with Crippen molar-refractivity contribution in [1.82, 2.24) is 9.97 Å². The van der Waals surface area contributed by atoms with Crippen LogP contribution in [0, 0.1) is 0 Å². The fourth-order valence-corrected chi connectivity index (χ4v) is 2.24. The van der Waals surface area contributed by atoms with Crippen LogP contribution in [0.4, 0.5) is 0 Å². The zero-order valence-electron chi connectivity index (χ0n) is 13.1. The van der Waals surface area contributed by atoms with E-state index < -0.39 is 12.1 Å². The zero-order chi connectivity index (χ0) is 16.9. The fraction of sp³-hybridized carbons (Fsp3) is 0.167. The van der Waals surface area contributed by atoms with Crippen molar-refractivity contribution in [2.45, 2.75) is 13.0 Å². The van der Waals surface area contributed by atoms with Gasteiger partial charge in [-0.2, -0.15) is 0 Å². The Morgan fingerprint density at radius 3 is 2.62 bits per heavy atom. The molecule has 0 aliphatic carbocycles. The number of hydrogen-bond donors (Lipinski definition) is 1. The third-order valence-electron chi connectivity index (χ3n) is 3.42. The van der Waals surface area contributed by atoms with Crippen molar-refractivity contribution in [3.8, 4) is 5.75 Å². The summed E-state index contributed by atoms with van der Waals surface area (Å²) in [6, 6.07) is 16.0. The maximum atomic E-state index is 12.0. The van der Waals surface area contributed by atoms with Crippen LogP contribution >= 0.6 is 0 Å². The molecule has 2 aromatic carbocycles. The molecule has 0 amide bonds. The number of rotatable bonds is 5. The Morgan fingerprint density at radius 2 is 1.83 bits per heavy atom. The second-order valence-electron chi connectivity index (χ2n) is 5.20. The van der Waals surface area contributed by atoms with Crippen LogP contribution in [-0.2, 0) is 9.53 Å². The minimum Gasteiger partial charge on any atom is -0.482 e. The number of aromatic nitrogens is 2. The average Bonchev–Trinajstić information content (AvgIpc) is 2.61. The van der Waals surface area contributed by atoms with Crippen molar-refractivity contribution in [3.63, 3.8) is 0 Å². The number of para-hydroxylation sites is 2. The van der Waals surface area contributed by atoms with Crippen molar-refractivity contribution < 1.29 is 14.3 Å². The van der Waals surface area contributed by atoms with Gasteiger partial charge in [0, 0.05) is 0 Å². The molecule has 1 aromatic heterocycles. The fourth-order valence-electron chi connectivity index (χ4n) is 2.24. The van der Waals surface area contributed by atoms with Crippen molar-refractivity contribution in [2.75, 3.05) is 6.61 Å². The van der Waals surface area contributed by atoms with Crippen molar-refractivity contribution in [2.24, 2.45) is 0 Å². The molecule has 0 radical (unpaired) electrons. The summed E-state index contributed by atoms with van der Waals surface area (Å²) in [4.78, 5) is 30.9. The summed E-state index contributed by atoms with van der Waals surface area (Å²) in [5.41, 5.74) is 0.290. The second kappa shape index (κ2) is 6.95. The van der Waals surface area contributed by atoms with Gasteiger partial charge in [-0.1, -0.05) is 30.3 Å². The number of nitrogens with one attached hydrogen (secondary N) is 1. The number of fused-ring (bicyclic) bond motifs is 1. The molecule has 0 saturated carbocycles. The molecular weight excluding hydrogens is 308 g/mol. The number of aromatic amines is 1. The molecule has 3 rings (SSSR count). The van der Waals surface area contributed by atoms with Crippen molar-refractivity contribution in [3.05, 3.63) is 70.8 Å². The lowest BCUT2D eigenvalue weighted by atomic mass is 10.2. The van der Waals surface area contributed by atoms with E-state index in [2.05, 4.69) is 9.97 Å². The number of benzene rings is 2. The predicted molar refractivity (Wildman–Crippen MR) is 88.8 cm³/mol. The van der Waals surface area contributed by atoms with Crippen LogP contribution in [0.2, 0.25) is 0 Å². The van der Waals surface area contributed by atoms with Gasteiger partial charge in [0.1, 0.15) is 5.75 Å². The zero-order valence-corrected chi connectivity index (χ0v) is 13.1. The van der Waals surface area contributed by atoms with Gasteiger partial charge in [0.15, 0.2) is 18.5 Å². The molecule has 1 heterocycles. The number of esters is 1. The van der Waals surface area contributed by atoms with Gasteiger partial charge in [-0.15, -0.1) is 0 Å². The van der Waals surface area contributed by atoms with Crippen LogP contribution < -0.4 is 10.3 Å². The van der Waals surface area contributed by atoms with Crippen LogP contribution in [-0.4, -0.2) is 22.5 Å². The van der Waals surface area contributed by atoms with E-state index in [1.165, 1.54) is 0 Å². The first-order valence-electron chi connectivity index (χ1n) is 7.50. The number of carbonyl (C=O) groups is 1. The van der Waals surface area contributed by atoms with E-state index in [1.807, 2.05) is 18.2 Å². The molecule has 6 nitrogen and oxygen atoms in total. The minimum atomic E-state index is -0.686. The minimum absolute atomic E-state index is 0.216. The molecule has 0 saturated heterocycles. The van der Waals surface area contributed by atoms with E-state index in [0.29, 0.717) is 22.5 Å². The molecule has 0 unspecified atom stereocenters. The Kier molecular flexibility index (Phi) is 4.56. The van der Waals surface area contributed by atoms with Gasteiger partial charge in [0.25, 0.3) is 5.56 Å². The molecular formula is C18H16N2O4. The normalized spacial score (nSPS) is 11.9. The summed E-state index contributed by atoms with van der Waals surface area (Å²) in [6.45, 7) is 1.43. The largest absolute Gasteiger partial charge is 0.482 e. The van der Waals surface area contributed by atoms with Gasteiger partial charge >= 0.3 is 5.97 Å². The van der Waals surface area contributed by atoms with Crippen molar-refractivity contribution >= 4 is 16.9 Å². The highest BCUT2D eigenvalue weighted by molar-refractivity contribution is 5.77. The number of carbonyl (C=O) groups excluding carboxylic acids is 1. The Labute approximate surface area is 138 Å². The van der Waals surface area contributed by atoms with Crippen LogP contribution in [0.3, 0.4) is 0 Å². The maximum Gasteiger partial charge on any atom is 0.344 e. The first-order chi connectivity index (χ1) is 11.6. The first-order valence-corrected chi connectivity index (χ1v) is 7.50. The van der Waals surface area contributed by atoms with Gasteiger partial charge < -0.3 is 14.5 Å². The van der Waals surface area contributed by atoms with E-state index in [1.54, 1.807) is 43.3 Å². The third kappa shape index (κ3) is 3.60. The summed E-state index contributed by atoms with van der Waals surface area (Å²) in [6.07, 6.45) is -0.686. The maximum absolute atomic E-state index is 12.0. The van der Waals surface area contributed by atoms with Crippen LogP contribution in [0.15, 0.2) is 59.4 Å². The monoisotopic (exact) mass is 324 g/mol. The van der Waals surface area contributed by atoms with Gasteiger partial charge in [0.05, 0.1) is 10.9 Å². The summed E-state index contributed by atoms with van der Waals surface area (Å²) in [5, 5.41) is 0.493. The Hall–Kier alpha value is -3.15. The molecule has 0 aliphatic rings. The molecule has 0 bridgehead atoms. The van der Waals surface area contributed by atoms with E-state index in [0.717, 1.165) is 0 Å². The topological polar surface area (TPSA) is 81.3 Å². The highest BCUT2D eigenvalue weighted by Gasteiger charge is 2.16. The number of hydrogen-bond acceptors (Lipinski definition) is 5. The molecule has 0 spiro atoms. The molecule has 0 fully saturated rings. The van der Waals surface area contributed by atoms with Crippen LogP contribution in [0.1, 0.15) is 18.9 Å². The van der Waals surface area contributed by atoms with Gasteiger partial charge in [-0.3, -0.25) is 4.79 Å². The first kappa shape index (κ1) is 15.7. The van der Waals surface area contributed by atoms with E-state index in [9.17, 15) is 9.59 Å². The summed E-state index contributed by atoms with van der Waals surface area (Å²) >= 11 is 0. The van der Waals surface area contributed by atoms with E-state index in [-0.39, 0.29) is 12.2 Å². The summed E-state index contributed by atoms with van der Waals surface area (Å²) < 4.78 is 10.6. The Bertz CT molecular complexity index is 906. The van der Waals surface area contributed by atoms with Crippen molar-refractivity contribution in [1.29, 1.82) is 0 Å². The molecule has 0 aliphatic heterocycles.